The first-order valence-electron chi connectivity index (χ1n) is 7.11. The molecule has 0 amide bonds. The lowest BCUT2D eigenvalue weighted by molar-refractivity contribution is 0.249. The van der Waals surface area contributed by atoms with Crippen molar-refractivity contribution < 1.29 is 5.11 Å². The van der Waals surface area contributed by atoms with Gasteiger partial charge in [0.1, 0.15) is 6.61 Å². The summed E-state index contributed by atoms with van der Waals surface area (Å²) in [4.78, 5) is 3.77. The summed E-state index contributed by atoms with van der Waals surface area (Å²) in [5.41, 5.74) is 2.21. The van der Waals surface area contributed by atoms with E-state index in [9.17, 15) is 0 Å². The third kappa shape index (κ3) is 4.71. The molecular weight excluding hydrogens is 278 g/mol. The Bertz CT molecular complexity index is 610. The summed E-state index contributed by atoms with van der Waals surface area (Å²) < 4.78 is 0. The van der Waals surface area contributed by atoms with E-state index in [1.54, 1.807) is 0 Å². The highest BCUT2D eigenvalue weighted by Gasteiger charge is 2.12. The van der Waals surface area contributed by atoms with Crippen LogP contribution in [0.15, 0.2) is 41.8 Å². The Morgan fingerprint density at radius 3 is 2.76 bits per heavy atom. The molecule has 1 aromatic carbocycles. The highest BCUT2D eigenvalue weighted by Crippen LogP contribution is 2.16. The molecule has 0 bridgehead atoms. The molecule has 0 fully saturated rings. The average Bonchev–Trinajstić information content (AvgIpc) is 2.99. The fourth-order valence-corrected chi connectivity index (χ4v) is 3.04. The van der Waals surface area contributed by atoms with Gasteiger partial charge in [-0.3, -0.25) is 4.90 Å². The van der Waals surface area contributed by atoms with E-state index in [1.165, 1.54) is 10.4 Å². The van der Waals surface area contributed by atoms with Crippen LogP contribution < -0.4 is 0 Å². The fraction of sp³-hybridized carbons (Fsp3) is 0.333. The molecule has 110 valence electrons. The van der Waals surface area contributed by atoms with Crippen LogP contribution in [-0.4, -0.2) is 29.7 Å². The topological polar surface area (TPSA) is 23.5 Å². The minimum atomic E-state index is -0.0983. The second-order valence-electron chi connectivity index (χ2n) is 5.16. The van der Waals surface area contributed by atoms with Gasteiger partial charge in [0.15, 0.2) is 0 Å². The second-order valence-corrected chi connectivity index (χ2v) is 6.20. The van der Waals surface area contributed by atoms with Crippen LogP contribution in [0.3, 0.4) is 0 Å². The first-order valence-corrected chi connectivity index (χ1v) is 7.99. The highest BCUT2D eigenvalue weighted by atomic mass is 32.1. The van der Waals surface area contributed by atoms with Crippen LogP contribution in [0.5, 0.6) is 0 Å². The van der Waals surface area contributed by atoms with Crippen molar-refractivity contribution in [1.82, 2.24) is 4.90 Å². The summed E-state index contributed by atoms with van der Waals surface area (Å²) in [6.45, 7) is 3.02. The number of benzene rings is 1. The van der Waals surface area contributed by atoms with Gasteiger partial charge in [-0.2, -0.15) is 0 Å². The molecule has 0 spiro atoms. The Labute approximate surface area is 131 Å². The molecule has 0 aliphatic heterocycles. The van der Waals surface area contributed by atoms with Gasteiger partial charge in [0.2, 0.25) is 0 Å². The Hall–Kier alpha value is -1.60. The third-order valence-electron chi connectivity index (χ3n) is 3.57. The van der Waals surface area contributed by atoms with Crippen molar-refractivity contribution in [3.63, 3.8) is 0 Å². The molecule has 2 aromatic rings. The Balaban J connectivity index is 2.03. The number of nitrogens with zero attached hydrogens (tertiary/aromatic N) is 1. The summed E-state index contributed by atoms with van der Waals surface area (Å²) in [5.74, 6) is 5.76. The van der Waals surface area contributed by atoms with Gasteiger partial charge in [0.25, 0.3) is 0 Å². The standard InChI is InChI=1S/C18H21NOS/c1-15(13-18-10-6-12-21-18)19(2)14-17-8-4-3-7-16(17)9-5-11-20/h3-4,6-8,10,12,15,20H,11,13-14H2,1-2H3. The minimum Gasteiger partial charge on any atom is -0.384 e. The van der Waals surface area contributed by atoms with Crippen molar-refractivity contribution in [3.8, 4) is 11.8 Å². The van der Waals surface area contributed by atoms with Crippen LogP contribution in [0.25, 0.3) is 0 Å². The molecule has 0 saturated heterocycles. The van der Waals surface area contributed by atoms with E-state index >= 15 is 0 Å². The minimum absolute atomic E-state index is 0.0983. The molecule has 1 atom stereocenters. The van der Waals surface area contributed by atoms with Crippen molar-refractivity contribution >= 4 is 11.3 Å². The van der Waals surface area contributed by atoms with Crippen LogP contribution in [0.4, 0.5) is 0 Å². The Kier molecular flexibility index (Phi) is 6.01. The van der Waals surface area contributed by atoms with Crippen molar-refractivity contribution in [2.75, 3.05) is 13.7 Å². The Morgan fingerprint density at radius 2 is 2.05 bits per heavy atom. The number of hydrogen-bond donors (Lipinski definition) is 1. The summed E-state index contributed by atoms with van der Waals surface area (Å²) >= 11 is 1.81. The molecule has 2 rings (SSSR count). The molecule has 0 radical (unpaired) electrons. The molecule has 0 aliphatic carbocycles. The fourth-order valence-electron chi connectivity index (χ4n) is 2.22. The highest BCUT2D eigenvalue weighted by molar-refractivity contribution is 7.09. The SMILES string of the molecule is CC(Cc1cccs1)N(C)Cc1ccccc1C#CCO. The van der Waals surface area contributed by atoms with Gasteiger partial charge in [-0.15, -0.1) is 11.3 Å². The maximum absolute atomic E-state index is 8.85. The van der Waals surface area contributed by atoms with Gasteiger partial charge in [0, 0.05) is 23.0 Å². The first kappa shape index (κ1) is 15.8. The molecule has 0 aliphatic rings. The summed E-state index contributed by atoms with van der Waals surface area (Å²) in [5, 5.41) is 11.0. The lowest BCUT2D eigenvalue weighted by atomic mass is 10.1. The van der Waals surface area contributed by atoms with E-state index in [0.29, 0.717) is 6.04 Å². The van der Waals surface area contributed by atoms with Crippen LogP contribution in [0.1, 0.15) is 22.9 Å². The number of rotatable bonds is 5. The van der Waals surface area contributed by atoms with Crippen LogP contribution in [-0.2, 0) is 13.0 Å². The van der Waals surface area contributed by atoms with E-state index < -0.39 is 0 Å². The van der Waals surface area contributed by atoms with Crippen LogP contribution in [0.2, 0.25) is 0 Å². The van der Waals surface area contributed by atoms with Gasteiger partial charge in [-0.05, 0) is 43.5 Å². The molecule has 1 aromatic heterocycles. The van der Waals surface area contributed by atoms with Gasteiger partial charge < -0.3 is 5.11 Å². The van der Waals surface area contributed by atoms with E-state index in [4.69, 9.17) is 5.11 Å². The largest absolute Gasteiger partial charge is 0.384 e. The Morgan fingerprint density at radius 1 is 1.24 bits per heavy atom. The molecule has 21 heavy (non-hydrogen) atoms. The van der Waals surface area contributed by atoms with E-state index in [0.717, 1.165) is 18.5 Å². The number of likely N-dealkylation sites (N-methyl/N-ethyl adjacent to an activating group) is 1. The predicted molar refractivity (Wildman–Crippen MR) is 89.4 cm³/mol. The zero-order valence-electron chi connectivity index (χ0n) is 12.5. The van der Waals surface area contributed by atoms with Crippen molar-refractivity contribution in [2.45, 2.75) is 25.9 Å². The quantitative estimate of drug-likeness (QED) is 0.857. The van der Waals surface area contributed by atoms with Gasteiger partial charge in [0.05, 0.1) is 0 Å². The van der Waals surface area contributed by atoms with E-state index in [1.807, 2.05) is 29.5 Å². The monoisotopic (exact) mass is 299 g/mol. The molecule has 1 unspecified atom stereocenters. The van der Waals surface area contributed by atoms with Gasteiger partial charge >= 0.3 is 0 Å². The normalized spacial score (nSPS) is 12.0. The van der Waals surface area contributed by atoms with Gasteiger partial charge in [-0.25, -0.2) is 0 Å². The molecular formula is C18H21NOS. The summed E-state index contributed by atoms with van der Waals surface area (Å²) in [7, 11) is 2.15. The zero-order valence-corrected chi connectivity index (χ0v) is 13.4. The summed E-state index contributed by atoms with van der Waals surface area (Å²) in [6, 6.07) is 12.9. The lowest BCUT2D eigenvalue weighted by Crippen LogP contribution is -2.30. The van der Waals surface area contributed by atoms with Gasteiger partial charge in [-0.1, -0.05) is 36.1 Å². The molecule has 3 heteroatoms. The average molecular weight is 299 g/mol. The molecule has 1 N–H and O–H groups in total. The maximum Gasteiger partial charge on any atom is 0.104 e. The zero-order chi connectivity index (χ0) is 15.1. The predicted octanol–water partition coefficient (Wildman–Crippen LogP) is 3.15. The van der Waals surface area contributed by atoms with Crippen LogP contribution >= 0.6 is 11.3 Å². The van der Waals surface area contributed by atoms with Crippen molar-refractivity contribution in [3.05, 3.63) is 57.8 Å². The number of hydrogen-bond acceptors (Lipinski definition) is 3. The van der Waals surface area contributed by atoms with Crippen molar-refractivity contribution in [1.29, 1.82) is 0 Å². The molecule has 2 nitrogen and oxygen atoms in total. The summed E-state index contributed by atoms with van der Waals surface area (Å²) in [6.07, 6.45) is 1.07. The first-order chi connectivity index (χ1) is 10.2. The molecule has 1 heterocycles. The lowest BCUT2D eigenvalue weighted by Gasteiger charge is -2.25. The maximum atomic E-state index is 8.85. The number of aliphatic hydroxyl groups is 1. The van der Waals surface area contributed by atoms with Crippen molar-refractivity contribution in [2.24, 2.45) is 0 Å². The second kappa shape index (κ2) is 7.99. The number of thiophene rings is 1. The smallest absolute Gasteiger partial charge is 0.104 e. The molecule has 0 saturated carbocycles. The van der Waals surface area contributed by atoms with E-state index in [2.05, 4.69) is 54.3 Å². The third-order valence-corrected chi connectivity index (χ3v) is 4.47. The van der Waals surface area contributed by atoms with E-state index in [-0.39, 0.29) is 6.61 Å². The van der Waals surface area contributed by atoms with Crippen LogP contribution in [0, 0.1) is 11.8 Å². The number of aliphatic hydroxyl groups excluding tert-OH is 1.